The van der Waals surface area contributed by atoms with E-state index >= 15 is 0 Å². The summed E-state index contributed by atoms with van der Waals surface area (Å²) in [4.78, 5) is 10.7. The minimum absolute atomic E-state index is 0.180. The van der Waals surface area contributed by atoms with Crippen LogP contribution in [0.2, 0.25) is 0 Å². The van der Waals surface area contributed by atoms with Gasteiger partial charge in [-0.1, -0.05) is 30.3 Å². The van der Waals surface area contributed by atoms with Gasteiger partial charge in [0.05, 0.1) is 0 Å². The average molecular weight is 234 g/mol. The lowest BCUT2D eigenvalue weighted by molar-refractivity contribution is -0.193. The molecular weight excluding hydrogens is 225 g/mol. The van der Waals surface area contributed by atoms with Crippen molar-refractivity contribution in [2.45, 2.75) is 12.3 Å². The summed E-state index contributed by atoms with van der Waals surface area (Å²) in [6.45, 7) is -1.58. The van der Waals surface area contributed by atoms with Crippen LogP contribution in [0.3, 0.4) is 0 Å². The van der Waals surface area contributed by atoms with E-state index in [0.717, 1.165) is 0 Å². The SMILES string of the molecule is O=C(O)[C@H](OCC(F)(F)F)c1ccccc1. The quantitative estimate of drug-likeness (QED) is 0.870. The summed E-state index contributed by atoms with van der Waals surface area (Å²) in [5.41, 5.74) is 0.180. The maximum absolute atomic E-state index is 11.9. The van der Waals surface area contributed by atoms with Gasteiger partial charge in [0.1, 0.15) is 6.61 Å². The Labute approximate surface area is 89.5 Å². The van der Waals surface area contributed by atoms with Crippen LogP contribution in [-0.2, 0) is 9.53 Å². The Balaban J connectivity index is 2.74. The molecule has 0 aliphatic carbocycles. The minimum atomic E-state index is -4.54. The largest absolute Gasteiger partial charge is 0.479 e. The molecule has 0 saturated carbocycles. The third-order valence-corrected chi connectivity index (χ3v) is 1.74. The van der Waals surface area contributed by atoms with Gasteiger partial charge < -0.3 is 9.84 Å². The molecule has 0 spiro atoms. The molecule has 6 heteroatoms. The highest BCUT2D eigenvalue weighted by Crippen LogP contribution is 2.22. The Morgan fingerprint density at radius 2 is 1.88 bits per heavy atom. The fraction of sp³-hybridized carbons (Fsp3) is 0.300. The summed E-state index contributed by atoms with van der Waals surface area (Å²) >= 11 is 0. The molecule has 0 amide bonds. The van der Waals surface area contributed by atoms with Crippen LogP contribution >= 0.6 is 0 Å². The molecule has 0 radical (unpaired) electrons. The maximum Gasteiger partial charge on any atom is 0.411 e. The van der Waals surface area contributed by atoms with Gasteiger partial charge in [0.2, 0.25) is 0 Å². The Hall–Kier alpha value is -1.56. The molecule has 1 N–H and O–H groups in total. The number of alkyl halides is 3. The lowest BCUT2D eigenvalue weighted by atomic mass is 10.1. The first-order valence-electron chi connectivity index (χ1n) is 4.36. The van der Waals surface area contributed by atoms with Crippen LogP contribution in [0.15, 0.2) is 30.3 Å². The smallest absolute Gasteiger partial charge is 0.411 e. The van der Waals surface area contributed by atoms with E-state index in [0.29, 0.717) is 0 Å². The molecule has 0 saturated heterocycles. The fourth-order valence-electron chi connectivity index (χ4n) is 1.12. The summed E-state index contributed by atoms with van der Waals surface area (Å²) in [6, 6.07) is 7.49. The van der Waals surface area contributed by atoms with Gasteiger partial charge in [-0.15, -0.1) is 0 Å². The number of carbonyl (C=O) groups is 1. The monoisotopic (exact) mass is 234 g/mol. The number of halogens is 3. The van der Waals surface area contributed by atoms with Crippen LogP contribution in [0.1, 0.15) is 11.7 Å². The van der Waals surface area contributed by atoms with Gasteiger partial charge in [-0.2, -0.15) is 13.2 Å². The molecule has 0 heterocycles. The number of aliphatic carboxylic acids is 1. The summed E-state index contributed by atoms with van der Waals surface area (Å²) in [5.74, 6) is -1.45. The molecule has 3 nitrogen and oxygen atoms in total. The van der Waals surface area contributed by atoms with Crippen molar-refractivity contribution in [2.75, 3.05) is 6.61 Å². The molecule has 1 rings (SSSR count). The summed E-state index contributed by atoms with van der Waals surface area (Å²) in [7, 11) is 0. The highest BCUT2D eigenvalue weighted by Gasteiger charge is 2.31. The maximum atomic E-state index is 11.9. The van der Waals surface area contributed by atoms with E-state index in [9.17, 15) is 18.0 Å². The molecule has 1 aromatic rings. The third-order valence-electron chi connectivity index (χ3n) is 1.74. The molecular formula is C10H9F3O3. The zero-order chi connectivity index (χ0) is 12.2. The van der Waals surface area contributed by atoms with Gasteiger partial charge in [0, 0.05) is 0 Å². The van der Waals surface area contributed by atoms with Crippen molar-refractivity contribution in [2.24, 2.45) is 0 Å². The second-order valence-electron chi connectivity index (χ2n) is 3.06. The molecule has 0 fully saturated rings. The minimum Gasteiger partial charge on any atom is -0.479 e. The standard InChI is InChI=1S/C10H9F3O3/c11-10(12,13)6-16-8(9(14)15)7-4-2-1-3-5-7/h1-5,8H,6H2,(H,14,15)/t8-/m1/s1. The Morgan fingerprint density at radius 3 is 2.31 bits per heavy atom. The number of rotatable bonds is 4. The Kier molecular flexibility index (Phi) is 3.89. The van der Waals surface area contributed by atoms with Crippen molar-refractivity contribution in [1.82, 2.24) is 0 Å². The van der Waals surface area contributed by atoms with E-state index in [1.165, 1.54) is 24.3 Å². The zero-order valence-corrected chi connectivity index (χ0v) is 8.07. The molecule has 0 unspecified atom stereocenters. The van der Waals surface area contributed by atoms with Crippen molar-refractivity contribution in [1.29, 1.82) is 0 Å². The molecule has 0 aliphatic heterocycles. The number of carboxylic acid groups (broad SMARTS) is 1. The first kappa shape index (κ1) is 12.5. The van der Waals surface area contributed by atoms with Gasteiger partial charge >= 0.3 is 12.1 Å². The van der Waals surface area contributed by atoms with Crippen molar-refractivity contribution in [3.8, 4) is 0 Å². The van der Waals surface area contributed by atoms with E-state index in [1.807, 2.05) is 0 Å². The zero-order valence-electron chi connectivity index (χ0n) is 8.07. The number of ether oxygens (including phenoxy) is 1. The van der Waals surface area contributed by atoms with Crippen LogP contribution in [0.5, 0.6) is 0 Å². The fourth-order valence-corrected chi connectivity index (χ4v) is 1.12. The highest BCUT2D eigenvalue weighted by atomic mass is 19.4. The van der Waals surface area contributed by atoms with Crippen LogP contribution in [-0.4, -0.2) is 23.9 Å². The van der Waals surface area contributed by atoms with E-state index < -0.39 is 24.9 Å². The van der Waals surface area contributed by atoms with E-state index in [1.54, 1.807) is 6.07 Å². The highest BCUT2D eigenvalue weighted by molar-refractivity contribution is 5.74. The second kappa shape index (κ2) is 4.98. The van der Waals surface area contributed by atoms with Crippen LogP contribution in [0.25, 0.3) is 0 Å². The van der Waals surface area contributed by atoms with Gasteiger partial charge in [0.15, 0.2) is 6.10 Å². The van der Waals surface area contributed by atoms with Crippen LogP contribution in [0.4, 0.5) is 13.2 Å². The number of carboxylic acids is 1. The predicted octanol–water partition coefficient (Wildman–Crippen LogP) is 2.39. The summed E-state index contributed by atoms with van der Waals surface area (Å²) in [6.07, 6.45) is -6.13. The van der Waals surface area contributed by atoms with Gasteiger partial charge in [0.25, 0.3) is 0 Å². The molecule has 16 heavy (non-hydrogen) atoms. The topological polar surface area (TPSA) is 46.5 Å². The van der Waals surface area contributed by atoms with Crippen molar-refractivity contribution in [3.05, 3.63) is 35.9 Å². The number of hydrogen-bond donors (Lipinski definition) is 1. The van der Waals surface area contributed by atoms with Crippen molar-refractivity contribution < 1.29 is 27.8 Å². The lowest BCUT2D eigenvalue weighted by Gasteiger charge is -2.15. The predicted molar refractivity (Wildman–Crippen MR) is 48.8 cm³/mol. The average Bonchev–Trinajstić information content (AvgIpc) is 2.17. The first-order chi connectivity index (χ1) is 7.40. The molecule has 88 valence electrons. The summed E-state index contributed by atoms with van der Waals surface area (Å²) in [5, 5.41) is 8.73. The lowest BCUT2D eigenvalue weighted by Crippen LogP contribution is -2.23. The van der Waals surface area contributed by atoms with Gasteiger partial charge in [-0.25, -0.2) is 4.79 Å². The number of benzene rings is 1. The van der Waals surface area contributed by atoms with Crippen molar-refractivity contribution in [3.63, 3.8) is 0 Å². The second-order valence-corrected chi connectivity index (χ2v) is 3.06. The molecule has 0 aliphatic rings. The molecule has 1 atom stereocenters. The van der Waals surface area contributed by atoms with Crippen molar-refractivity contribution >= 4 is 5.97 Å². The van der Waals surface area contributed by atoms with E-state index in [4.69, 9.17) is 5.11 Å². The van der Waals surface area contributed by atoms with E-state index in [2.05, 4.69) is 4.74 Å². The normalized spacial score (nSPS) is 13.4. The Bertz CT molecular complexity index is 348. The molecule has 0 bridgehead atoms. The van der Waals surface area contributed by atoms with Gasteiger partial charge in [-0.05, 0) is 5.56 Å². The van der Waals surface area contributed by atoms with E-state index in [-0.39, 0.29) is 5.56 Å². The first-order valence-corrected chi connectivity index (χ1v) is 4.36. The van der Waals surface area contributed by atoms with Crippen LogP contribution in [0, 0.1) is 0 Å². The third kappa shape index (κ3) is 3.90. The van der Waals surface area contributed by atoms with Crippen LogP contribution < -0.4 is 0 Å². The summed E-state index contributed by atoms with van der Waals surface area (Å²) < 4.78 is 40.0. The Morgan fingerprint density at radius 1 is 1.31 bits per heavy atom. The number of hydrogen-bond acceptors (Lipinski definition) is 2. The molecule has 1 aromatic carbocycles. The molecule has 0 aromatic heterocycles. The van der Waals surface area contributed by atoms with Gasteiger partial charge in [-0.3, -0.25) is 0 Å².